The smallest absolute Gasteiger partial charge is 0.273 e. The third kappa shape index (κ3) is 4.58. The molecule has 146 valence electrons. The Bertz CT molecular complexity index is 994. The molecule has 3 rings (SSSR count). The number of nitrogens with one attached hydrogen (secondary N) is 2. The van der Waals surface area contributed by atoms with Crippen LogP contribution in [0.2, 0.25) is 5.02 Å². The number of halogens is 1. The minimum atomic E-state index is -0.256. The fourth-order valence-electron chi connectivity index (χ4n) is 2.73. The minimum absolute atomic E-state index is 0.154. The Morgan fingerprint density at radius 3 is 2.54 bits per heavy atom. The molecule has 1 aromatic carbocycles. The SMILES string of the molecule is CCn1nccc1C(=O)Nc1cccc(NC(=O)CCn2ncc(Cl)c2C)c1. The number of amides is 2. The first-order chi connectivity index (χ1) is 13.5. The fraction of sp³-hybridized carbons (Fsp3) is 0.263. The van der Waals surface area contributed by atoms with Crippen LogP contribution in [0.15, 0.2) is 42.7 Å². The third-order valence-corrected chi connectivity index (χ3v) is 4.62. The first-order valence-electron chi connectivity index (χ1n) is 8.89. The maximum absolute atomic E-state index is 12.4. The largest absolute Gasteiger partial charge is 0.326 e. The molecule has 0 saturated carbocycles. The van der Waals surface area contributed by atoms with Crippen molar-refractivity contribution in [3.05, 3.63) is 59.1 Å². The van der Waals surface area contributed by atoms with Gasteiger partial charge in [0, 0.05) is 30.5 Å². The number of hydrogen-bond acceptors (Lipinski definition) is 4. The molecule has 2 amide bonds. The molecule has 9 heteroatoms. The van der Waals surface area contributed by atoms with Crippen LogP contribution >= 0.6 is 11.6 Å². The summed E-state index contributed by atoms with van der Waals surface area (Å²) < 4.78 is 3.31. The Kier molecular flexibility index (Phi) is 6.10. The second kappa shape index (κ2) is 8.71. The number of hydrogen-bond donors (Lipinski definition) is 2. The second-order valence-electron chi connectivity index (χ2n) is 6.17. The van der Waals surface area contributed by atoms with Crippen LogP contribution in [0.5, 0.6) is 0 Å². The van der Waals surface area contributed by atoms with Crippen molar-refractivity contribution in [2.75, 3.05) is 10.6 Å². The standard InChI is InChI=1S/C19H21ClN6O2/c1-3-25-17(7-9-21-25)19(28)24-15-6-4-5-14(11-15)23-18(27)8-10-26-13(2)16(20)12-22-26/h4-7,9,11-12H,3,8,10H2,1-2H3,(H,23,27)(H,24,28). The van der Waals surface area contributed by atoms with Crippen molar-refractivity contribution in [3.63, 3.8) is 0 Å². The van der Waals surface area contributed by atoms with Gasteiger partial charge in [-0.25, -0.2) is 0 Å². The highest BCUT2D eigenvalue weighted by atomic mass is 35.5. The van der Waals surface area contributed by atoms with Crippen molar-refractivity contribution >= 4 is 34.8 Å². The lowest BCUT2D eigenvalue weighted by Gasteiger charge is -2.10. The van der Waals surface area contributed by atoms with Gasteiger partial charge in [0.25, 0.3) is 5.91 Å². The van der Waals surface area contributed by atoms with Gasteiger partial charge in [0.2, 0.25) is 5.91 Å². The highest BCUT2D eigenvalue weighted by molar-refractivity contribution is 6.31. The lowest BCUT2D eigenvalue weighted by molar-refractivity contribution is -0.116. The van der Waals surface area contributed by atoms with Crippen molar-refractivity contribution in [1.29, 1.82) is 0 Å². The Morgan fingerprint density at radius 1 is 1.11 bits per heavy atom. The average molecular weight is 401 g/mol. The quantitative estimate of drug-likeness (QED) is 0.636. The predicted octanol–water partition coefficient (Wildman–Crippen LogP) is 3.34. The van der Waals surface area contributed by atoms with Crippen LogP contribution in [0.25, 0.3) is 0 Å². The highest BCUT2D eigenvalue weighted by Crippen LogP contribution is 2.17. The number of carbonyl (C=O) groups is 2. The van der Waals surface area contributed by atoms with Crippen LogP contribution in [-0.4, -0.2) is 31.4 Å². The zero-order chi connectivity index (χ0) is 20.1. The molecule has 0 saturated heterocycles. The van der Waals surface area contributed by atoms with Crippen molar-refractivity contribution < 1.29 is 9.59 Å². The zero-order valence-corrected chi connectivity index (χ0v) is 16.4. The van der Waals surface area contributed by atoms with Gasteiger partial charge in [0.1, 0.15) is 5.69 Å². The minimum Gasteiger partial charge on any atom is -0.326 e. The van der Waals surface area contributed by atoms with Gasteiger partial charge in [-0.15, -0.1) is 0 Å². The molecule has 0 unspecified atom stereocenters. The number of rotatable bonds is 7. The van der Waals surface area contributed by atoms with Gasteiger partial charge in [-0.1, -0.05) is 17.7 Å². The van der Waals surface area contributed by atoms with Gasteiger partial charge >= 0.3 is 0 Å². The van der Waals surface area contributed by atoms with Crippen molar-refractivity contribution in [2.24, 2.45) is 0 Å². The third-order valence-electron chi connectivity index (χ3n) is 4.25. The number of carbonyl (C=O) groups excluding carboxylic acids is 2. The number of nitrogens with zero attached hydrogens (tertiary/aromatic N) is 4. The van der Waals surface area contributed by atoms with E-state index in [9.17, 15) is 9.59 Å². The molecule has 0 bridgehead atoms. The molecule has 0 atom stereocenters. The van der Waals surface area contributed by atoms with E-state index < -0.39 is 0 Å². The van der Waals surface area contributed by atoms with Gasteiger partial charge in [-0.2, -0.15) is 10.2 Å². The molecule has 28 heavy (non-hydrogen) atoms. The van der Waals surface area contributed by atoms with Crippen molar-refractivity contribution in [1.82, 2.24) is 19.6 Å². The Morgan fingerprint density at radius 2 is 1.86 bits per heavy atom. The second-order valence-corrected chi connectivity index (χ2v) is 6.57. The molecule has 8 nitrogen and oxygen atoms in total. The van der Waals surface area contributed by atoms with E-state index >= 15 is 0 Å². The van der Waals surface area contributed by atoms with Crippen LogP contribution in [-0.2, 0) is 17.9 Å². The first kappa shape index (κ1) is 19.6. The van der Waals surface area contributed by atoms with Gasteiger partial charge in [-0.3, -0.25) is 19.0 Å². The molecule has 2 heterocycles. The number of aryl methyl sites for hydroxylation is 2. The van der Waals surface area contributed by atoms with Crippen LogP contribution in [0.1, 0.15) is 29.5 Å². The molecule has 2 aromatic heterocycles. The maximum atomic E-state index is 12.4. The van der Waals surface area contributed by atoms with Crippen molar-refractivity contribution in [3.8, 4) is 0 Å². The summed E-state index contributed by atoms with van der Waals surface area (Å²) in [5.74, 6) is -0.410. The van der Waals surface area contributed by atoms with E-state index in [2.05, 4.69) is 20.8 Å². The molecule has 0 aliphatic carbocycles. The molecule has 0 spiro atoms. The summed E-state index contributed by atoms with van der Waals surface area (Å²) in [6.45, 7) is 4.80. The van der Waals surface area contributed by atoms with Gasteiger partial charge in [0.05, 0.1) is 23.5 Å². The topological polar surface area (TPSA) is 93.8 Å². The number of anilines is 2. The van der Waals surface area contributed by atoms with E-state index in [-0.39, 0.29) is 18.2 Å². The van der Waals surface area contributed by atoms with Crippen molar-refractivity contribution in [2.45, 2.75) is 33.4 Å². The summed E-state index contributed by atoms with van der Waals surface area (Å²) in [6.07, 6.45) is 3.40. The van der Waals surface area contributed by atoms with E-state index in [0.29, 0.717) is 35.2 Å². The average Bonchev–Trinajstić information content (AvgIpc) is 3.28. The molecule has 0 aliphatic heterocycles. The Balaban J connectivity index is 1.59. The van der Waals surface area contributed by atoms with Gasteiger partial charge in [-0.05, 0) is 38.1 Å². The summed E-state index contributed by atoms with van der Waals surface area (Å²) in [5, 5.41) is 14.4. The number of aromatic nitrogens is 4. The lowest BCUT2D eigenvalue weighted by Crippen LogP contribution is -2.18. The van der Waals surface area contributed by atoms with Crippen LogP contribution in [0, 0.1) is 6.92 Å². The van der Waals surface area contributed by atoms with Crippen LogP contribution in [0.3, 0.4) is 0 Å². The van der Waals surface area contributed by atoms with Gasteiger partial charge in [0.15, 0.2) is 0 Å². The first-order valence-corrected chi connectivity index (χ1v) is 9.26. The molecule has 2 N–H and O–H groups in total. The Labute approximate surface area is 167 Å². The molecular weight excluding hydrogens is 380 g/mol. The fourth-order valence-corrected chi connectivity index (χ4v) is 2.87. The summed E-state index contributed by atoms with van der Waals surface area (Å²) in [5.41, 5.74) is 2.49. The molecule has 0 radical (unpaired) electrons. The summed E-state index contributed by atoms with van der Waals surface area (Å²) in [7, 11) is 0. The normalized spacial score (nSPS) is 10.7. The maximum Gasteiger partial charge on any atom is 0.273 e. The summed E-state index contributed by atoms with van der Waals surface area (Å²) in [4.78, 5) is 24.6. The van der Waals surface area contributed by atoms with Crippen LogP contribution in [0.4, 0.5) is 11.4 Å². The van der Waals surface area contributed by atoms with E-state index in [1.165, 1.54) is 0 Å². The van der Waals surface area contributed by atoms with E-state index in [1.54, 1.807) is 52.1 Å². The highest BCUT2D eigenvalue weighted by Gasteiger charge is 2.12. The van der Waals surface area contributed by atoms with Gasteiger partial charge < -0.3 is 10.6 Å². The molecule has 0 aliphatic rings. The lowest BCUT2D eigenvalue weighted by atomic mass is 10.2. The van der Waals surface area contributed by atoms with E-state index in [4.69, 9.17) is 11.6 Å². The Hall–Kier alpha value is -3.13. The zero-order valence-electron chi connectivity index (χ0n) is 15.6. The monoisotopic (exact) mass is 400 g/mol. The summed E-state index contributed by atoms with van der Waals surface area (Å²) >= 11 is 5.97. The summed E-state index contributed by atoms with van der Waals surface area (Å²) in [6, 6.07) is 8.65. The van der Waals surface area contributed by atoms with Crippen LogP contribution < -0.4 is 10.6 Å². The predicted molar refractivity (Wildman–Crippen MR) is 108 cm³/mol. The molecule has 3 aromatic rings. The number of benzene rings is 1. The molecule has 0 fully saturated rings. The molecular formula is C19H21ClN6O2. The van der Waals surface area contributed by atoms with E-state index in [0.717, 1.165) is 5.69 Å². The van der Waals surface area contributed by atoms with E-state index in [1.807, 2.05) is 13.8 Å².